The predicted molar refractivity (Wildman–Crippen MR) is 106 cm³/mol. The van der Waals surface area contributed by atoms with Crippen LogP contribution in [0.4, 0.5) is 10.1 Å². The summed E-state index contributed by atoms with van der Waals surface area (Å²) < 4.78 is 20.5. The highest BCUT2D eigenvalue weighted by molar-refractivity contribution is 7.99. The standard InChI is InChI=1S/C19H16FN5O2S/c1-25-15-8-3-11(20)9-14(15)17-18(25)22-19(24-23-17)28-10-16(26)21-12-4-6-13(27-2)7-5-12/h3-9H,10H2,1-2H3,(H,21,26). The van der Waals surface area contributed by atoms with Crippen LogP contribution in [0.5, 0.6) is 5.75 Å². The molecule has 4 aromatic rings. The quantitative estimate of drug-likeness (QED) is 0.520. The number of carbonyl (C=O) groups is 1. The van der Waals surface area contributed by atoms with E-state index < -0.39 is 0 Å². The fourth-order valence-electron chi connectivity index (χ4n) is 2.88. The minimum absolute atomic E-state index is 0.137. The Kier molecular flexibility index (Phi) is 4.82. The summed E-state index contributed by atoms with van der Waals surface area (Å²) in [4.78, 5) is 16.6. The molecule has 0 aliphatic carbocycles. The molecular formula is C19H16FN5O2S. The summed E-state index contributed by atoms with van der Waals surface area (Å²) in [6, 6.07) is 11.6. The molecule has 0 aliphatic rings. The molecule has 142 valence electrons. The summed E-state index contributed by atoms with van der Waals surface area (Å²) in [5, 5.41) is 12.1. The number of hydrogen-bond acceptors (Lipinski definition) is 6. The number of aromatic nitrogens is 4. The third kappa shape index (κ3) is 3.48. The SMILES string of the molecule is COc1ccc(NC(=O)CSc2nnc3c4cc(F)ccc4n(C)c3n2)cc1. The van der Waals surface area contributed by atoms with Crippen molar-refractivity contribution in [3.8, 4) is 5.75 Å². The van der Waals surface area contributed by atoms with E-state index in [1.807, 2.05) is 11.6 Å². The number of aryl methyl sites for hydroxylation is 1. The number of halogens is 1. The molecule has 28 heavy (non-hydrogen) atoms. The molecule has 0 radical (unpaired) electrons. The van der Waals surface area contributed by atoms with Crippen LogP contribution in [-0.2, 0) is 11.8 Å². The van der Waals surface area contributed by atoms with E-state index >= 15 is 0 Å². The number of carbonyl (C=O) groups excluding carboxylic acids is 1. The molecule has 1 amide bonds. The van der Waals surface area contributed by atoms with Gasteiger partial charge in [-0.3, -0.25) is 4.79 Å². The van der Waals surface area contributed by atoms with Crippen LogP contribution in [0.25, 0.3) is 22.1 Å². The smallest absolute Gasteiger partial charge is 0.234 e. The second-order valence-corrected chi connectivity index (χ2v) is 6.99. The van der Waals surface area contributed by atoms with Crippen molar-refractivity contribution >= 4 is 45.4 Å². The fraction of sp³-hybridized carbons (Fsp3) is 0.158. The van der Waals surface area contributed by atoms with Crippen LogP contribution in [0.3, 0.4) is 0 Å². The molecule has 9 heteroatoms. The number of nitrogens with zero attached hydrogens (tertiary/aromatic N) is 4. The Balaban J connectivity index is 1.49. The zero-order chi connectivity index (χ0) is 19.7. The van der Waals surface area contributed by atoms with Gasteiger partial charge in [-0.15, -0.1) is 10.2 Å². The van der Waals surface area contributed by atoms with Crippen LogP contribution < -0.4 is 10.1 Å². The monoisotopic (exact) mass is 397 g/mol. The molecule has 4 rings (SSSR count). The number of hydrogen-bond donors (Lipinski definition) is 1. The van der Waals surface area contributed by atoms with Gasteiger partial charge in [0, 0.05) is 18.1 Å². The first-order valence-corrected chi connectivity index (χ1v) is 9.39. The normalized spacial score (nSPS) is 11.1. The minimum Gasteiger partial charge on any atom is -0.497 e. The lowest BCUT2D eigenvalue weighted by atomic mass is 10.2. The number of thioether (sulfide) groups is 1. The summed E-state index contributed by atoms with van der Waals surface area (Å²) in [5.74, 6) is 0.334. The highest BCUT2D eigenvalue weighted by Gasteiger charge is 2.14. The lowest BCUT2D eigenvalue weighted by Crippen LogP contribution is -2.14. The Morgan fingerprint density at radius 3 is 2.75 bits per heavy atom. The van der Waals surface area contributed by atoms with Crippen LogP contribution in [-0.4, -0.2) is 38.5 Å². The molecule has 1 N–H and O–H groups in total. The molecule has 0 saturated carbocycles. The molecule has 2 heterocycles. The van der Waals surface area contributed by atoms with Crippen molar-refractivity contribution in [1.29, 1.82) is 0 Å². The molecule has 0 aliphatic heterocycles. The van der Waals surface area contributed by atoms with Gasteiger partial charge in [0.05, 0.1) is 18.4 Å². The lowest BCUT2D eigenvalue weighted by molar-refractivity contribution is -0.113. The van der Waals surface area contributed by atoms with E-state index in [0.29, 0.717) is 27.4 Å². The largest absolute Gasteiger partial charge is 0.497 e. The van der Waals surface area contributed by atoms with Crippen molar-refractivity contribution in [2.24, 2.45) is 7.05 Å². The molecule has 0 fully saturated rings. The summed E-state index contributed by atoms with van der Waals surface area (Å²) in [6.45, 7) is 0. The van der Waals surface area contributed by atoms with Crippen LogP contribution in [0.15, 0.2) is 47.6 Å². The number of anilines is 1. The van der Waals surface area contributed by atoms with Gasteiger partial charge in [-0.05, 0) is 42.5 Å². The molecular weight excluding hydrogens is 381 g/mol. The minimum atomic E-state index is -0.338. The van der Waals surface area contributed by atoms with E-state index in [1.165, 1.54) is 23.9 Å². The van der Waals surface area contributed by atoms with Crippen LogP contribution in [0, 0.1) is 5.82 Å². The van der Waals surface area contributed by atoms with Gasteiger partial charge < -0.3 is 14.6 Å². The van der Waals surface area contributed by atoms with Crippen molar-refractivity contribution in [3.63, 3.8) is 0 Å². The Bertz CT molecular complexity index is 1180. The Hall–Kier alpha value is -3.20. The number of fused-ring (bicyclic) bond motifs is 3. The molecule has 0 bridgehead atoms. The highest BCUT2D eigenvalue weighted by atomic mass is 32.2. The Morgan fingerprint density at radius 1 is 1.21 bits per heavy atom. The number of rotatable bonds is 5. The lowest BCUT2D eigenvalue weighted by Gasteiger charge is -2.05. The van der Waals surface area contributed by atoms with Gasteiger partial charge >= 0.3 is 0 Å². The fourth-order valence-corrected chi connectivity index (χ4v) is 3.46. The number of benzene rings is 2. The first-order chi connectivity index (χ1) is 13.5. The zero-order valence-electron chi connectivity index (χ0n) is 15.1. The van der Waals surface area contributed by atoms with Crippen molar-refractivity contribution in [1.82, 2.24) is 19.7 Å². The number of amides is 1. The summed E-state index contributed by atoms with van der Waals surface area (Å²) in [6.07, 6.45) is 0. The second-order valence-electron chi connectivity index (χ2n) is 6.05. The topological polar surface area (TPSA) is 81.9 Å². The van der Waals surface area contributed by atoms with E-state index in [0.717, 1.165) is 11.3 Å². The predicted octanol–water partition coefficient (Wildman–Crippen LogP) is 3.40. The van der Waals surface area contributed by atoms with Crippen LogP contribution >= 0.6 is 11.8 Å². The molecule has 0 atom stereocenters. The Labute approximate surface area is 163 Å². The average Bonchev–Trinajstić information content (AvgIpc) is 2.98. The maximum atomic E-state index is 13.6. The molecule has 0 unspecified atom stereocenters. The summed E-state index contributed by atoms with van der Waals surface area (Å²) >= 11 is 1.18. The molecule has 7 nitrogen and oxygen atoms in total. The van der Waals surface area contributed by atoms with Gasteiger partial charge in [0.15, 0.2) is 5.65 Å². The van der Waals surface area contributed by atoms with Crippen LogP contribution in [0.1, 0.15) is 0 Å². The third-order valence-electron chi connectivity index (χ3n) is 4.25. The van der Waals surface area contributed by atoms with Crippen molar-refractivity contribution in [3.05, 3.63) is 48.3 Å². The van der Waals surface area contributed by atoms with Crippen LogP contribution in [0.2, 0.25) is 0 Å². The van der Waals surface area contributed by atoms with E-state index in [4.69, 9.17) is 4.74 Å². The maximum Gasteiger partial charge on any atom is 0.234 e. The molecule has 0 spiro atoms. The second kappa shape index (κ2) is 7.43. The van der Waals surface area contributed by atoms with Gasteiger partial charge in [0.1, 0.15) is 17.1 Å². The van der Waals surface area contributed by atoms with Crippen molar-refractivity contribution in [2.45, 2.75) is 5.16 Å². The number of nitrogens with one attached hydrogen (secondary N) is 1. The van der Waals surface area contributed by atoms with Gasteiger partial charge in [-0.2, -0.15) is 0 Å². The zero-order valence-corrected chi connectivity index (χ0v) is 16.0. The van der Waals surface area contributed by atoms with Gasteiger partial charge in [-0.1, -0.05) is 11.8 Å². The molecule has 0 saturated heterocycles. The van der Waals surface area contributed by atoms with Gasteiger partial charge in [0.2, 0.25) is 11.1 Å². The van der Waals surface area contributed by atoms with E-state index in [1.54, 1.807) is 37.4 Å². The highest BCUT2D eigenvalue weighted by Crippen LogP contribution is 2.27. The summed E-state index contributed by atoms with van der Waals surface area (Å²) in [5.41, 5.74) is 2.62. The van der Waals surface area contributed by atoms with Crippen molar-refractivity contribution < 1.29 is 13.9 Å². The van der Waals surface area contributed by atoms with Gasteiger partial charge in [-0.25, -0.2) is 9.37 Å². The van der Waals surface area contributed by atoms with Gasteiger partial charge in [0.25, 0.3) is 0 Å². The molecule has 2 aromatic carbocycles. The number of methoxy groups -OCH3 is 1. The van der Waals surface area contributed by atoms with E-state index in [2.05, 4.69) is 20.5 Å². The maximum absolute atomic E-state index is 13.6. The average molecular weight is 397 g/mol. The first-order valence-electron chi connectivity index (χ1n) is 8.40. The number of ether oxygens (including phenoxy) is 1. The Morgan fingerprint density at radius 2 is 2.00 bits per heavy atom. The van der Waals surface area contributed by atoms with E-state index in [-0.39, 0.29) is 17.5 Å². The molecule has 2 aromatic heterocycles. The van der Waals surface area contributed by atoms with E-state index in [9.17, 15) is 9.18 Å². The summed E-state index contributed by atoms with van der Waals surface area (Å²) in [7, 11) is 3.42. The van der Waals surface area contributed by atoms with Crippen molar-refractivity contribution in [2.75, 3.05) is 18.2 Å². The third-order valence-corrected chi connectivity index (χ3v) is 5.09. The first kappa shape index (κ1) is 18.2.